The van der Waals surface area contributed by atoms with Crippen LogP contribution in [-0.2, 0) is 9.53 Å². The molecule has 1 aromatic rings. The van der Waals surface area contributed by atoms with Crippen molar-refractivity contribution in [2.75, 3.05) is 7.11 Å². The van der Waals surface area contributed by atoms with E-state index in [1.807, 2.05) is 24.6 Å². The average Bonchev–Trinajstić information content (AvgIpc) is 2.52. The lowest BCUT2D eigenvalue weighted by Gasteiger charge is -2.17. The molecule has 1 aromatic heterocycles. The van der Waals surface area contributed by atoms with E-state index in [0.29, 0.717) is 0 Å². The van der Waals surface area contributed by atoms with Gasteiger partial charge in [0, 0.05) is 9.85 Å². The molecule has 78 valence electrons. The highest BCUT2D eigenvalue weighted by molar-refractivity contribution is 9.10. The first-order chi connectivity index (χ1) is 6.57. The largest absolute Gasteiger partial charge is 0.469 e. The molecule has 14 heavy (non-hydrogen) atoms. The molecule has 0 aliphatic rings. The van der Waals surface area contributed by atoms with Crippen molar-refractivity contribution >= 4 is 33.2 Å². The van der Waals surface area contributed by atoms with Gasteiger partial charge in [-0.25, -0.2) is 0 Å². The Kier molecular flexibility index (Phi) is 4.13. The number of hydrogen-bond donors (Lipinski definition) is 0. The van der Waals surface area contributed by atoms with E-state index in [2.05, 4.69) is 15.9 Å². The zero-order chi connectivity index (χ0) is 10.7. The Balaban J connectivity index is 3.00. The van der Waals surface area contributed by atoms with Gasteiger partial charge in [-0.05, 0) is 32.8 Å². The summed E-state index contributed by atoms with van der Waals surface area (Å²) in [6, 6.07) is 0. The molecule has 0 radical (unpaired) electrons. The van der Waals surface area contributed by atoms with Crippen molar-refractivity contribution in [2.24, 2.45) is 5.92 Å². The number of hydrogen-bond acceptors (Lipinski definition) is 3. The summed E-state index contributed by atoms with van der Waals surface area (Å²) in [5, 5.41) is 3.97. The van der Waals surface area contributed by atoms with Gasteiger partial charge in [0.1, 0.15) is 0 Å². The Hall–Kier alpha value is -0.350. The van der Waals surface area contributed by atoms with Crippen molar-refractivity contribution in [1.29, 1.82) is 0 Å². The fourth-order valence-electron chi connectivity index (χ4n) is 1.40. The van der Waals surface area contributed by atoms with Gasteiger partial charge in [0.15, 0.2) is 0 Å². The van der Waals surface area contributed by atoms with Crippen LogP contribution in [0.2, 0.25) is 0 Å². The van der Waals surface area contributed by atoms with Crippen LogP contribution in [0.25, 0.3) is 0 Å². The molecule has 1 heterocycles. The van der Waals surface area contributed by atoms with Crippen LogP contribution >= 0.6 is 27.3 Å². The summed E-state index contributed by atoms with van der Waals surface area (Å²) in [7, 11) is 1.43. The van der Waals surface area contributed by atoms with Crippen LogP contribution in [0.5, 0.6) is 0 Å². The number of halogens is 1. The number of rotatable bonds is 3. The molecule has 0 aliphatic heterocycles. The van der Waals surface area contributed by atoms with Gasteiger partial charge in [0.25, 0.3) is 0 Å². The van der Waals surface area contributed by atoms with E-state index >= 15 is 0 Å². The van der Waals surface area contributed by atoms with Crippen LogP contribution < -0.4 is 0 Å². The van der Waals surface area contributed by atoms with Crippen molar-refractivity contribution in [2.45, 2.75) is 19.8 Å². The summed E-state index contributed by atoms with van der Waals surface area (Å²) >= 11 is 5.02. The molecule has 0 N–H and O–H groups in total. The van der Waals surface area contributed by atoms with Crippen molar-refractivity contribution in [3.8, 4) is 0 Å². The third kappa shape index (κ3) is 2.36. The summed E-state index contributed by atoms with van der Waals surface area (Å²) in [6.07, 6.45) is 0. The number of carbonyl (C=O) groups is 1. The topological polar surface area (TPSA) is 26.3 Å². The highest BCUT2D eigenvalue weighted by Crippen LogP contribution is 2.33. The van der Waals surface area contributed by atoms with Crippen LogP contribution in [0.3, 0.4) is 0 Å². The van der Waals surface area contributed by atoms with Gasteiger partial charge >= 0.3 is 5.97 Å². The van der Waals surface area contributed by atoms with Gasteiger partial charge < -0.3 is 4.74 Å². The first kappa shape index (κ1) is 11.7. The number of esters is 1. The Bertz CT molecular complexity index is 320. The Morgan fingerprint density at radius 1 is 1.50 bits per heavy atom. The molecule has 2 nitrogen and oxygen atoms in total. The van der Waals surface area contributed by atoms with E-state index in [9.17, 15) is 4.79 Å². The van der Waals surface area contributed by atoms with E-state index < -0.39 is 0 Å². The molecule has 4 heteroatoms. The normalized spacial score (nSPS) is 12.9. The number of ether oxygens (including phenoxy) is 1. The zero-order valence-electron chi connectivity index (χ0n) is 8.41. The molecule has 0 aliphatic carbocycles. The molecule has 0 spiro atoms. The molecule has 0 fully saturated rings. The summed E-state index contributed by atoms with van der Waals surface area (Å²) < 4.78 is 5.79. The van der Waals surface area contributed by atoms with Crippen LogP contribution in [0.1, 0.15) is 25.3 Å². The maximum atomic E-state index is 11.6. The third-order valence-corrected chi connectivity index (χ3v) is 3.85. The van der Waals surface area contributed by atoms with Gasteiger partial charge in [0.05, 0.1) is 13.0 Å². The Labute approximate surface area is 96.4 Å². The highest BCUT2D eigenvalue weighted by Gasteiger charge is 2.27. The quantitative estimate of drug-likeness (QED) is 0.791. The Morgan fingerprint density at radius 3 is 2.50 bits per heavy atom. The fourth-order valence-corrected chi connectivity index (χ4v) is 2.98. The maximum absolute atomic E-state index is 11.6. The van der Waals surface area contributed by atoms with Crippen molar-refractivity contribution in [1.82, 2.24) is 0 Å². The van der Waals surface area contributed by atoms with E-state index in [4.69, 9.17) is 4.74 Å². The lowest BCUT2D eigenvalue weighted by molar-refractivity contribution is -0.143. The first-order valence-corrected chi connectivity index (χ1v) is 6.11. The second-order valence-electron chi connectivity index (χ2n) is 3.42. The minimum atomic E-state index is -0.167. The molecular weight excluding hydrogens is 264 g/mol. The number of methoxy groups -OCH3 is 1. The average molecular weight is 277 g/mol. The number of thiophene rings is 1. The van der Waals surface area contributed by atoms with Crippen LogP contribution in [0.4, 0.5) is 0 Å². The molecule has 0 saturated heterocycles. The molecule has 0 amide bonds. The van der Waals surface area contributed by atoms with Gasteiger partial charge in [-0.15, -0.1) is 0 Å². The van der Waals surface area contributed by atoms with Crippen LogP contribution in [-0.4, -0.2) is 13.1 Å². The van der Waals surface area contributed by atoms with E-state index in [0.717, 1.165) is 10.0 Å². The minimum absolute atomic E-state index is 0.166. The molecule has 0 bridgehead atoms. The van der Waals surface area contributed by atoms with Gasteiger partial charge in [-0.1, -0.05) is 13.8 Å². The van der Waals surface area contributed by atoms with Crippen LogP contribution in [0.15, 0.2) is 15.2 Å². The van der Waals surface area contributed by atoms with Gasteiger partial charge in [-0.3, -0.25) is 4.79 Å². The van der Waals surface area contributed by atoms with E-state index in [-0.39, 0.29) is 17.8 Å². The SMILES string of the molecule is COC(=O)C(c1cscc1Br)C(C)C. The first-order valence-electron chi connectivity index (χ1n) is 4.37. The van der Waals surface area contributed by atoms with Gasteiger partial charge in [-0.2, -0.15) is 11.3 Å². The Morgan fingerprint density at radius 2 is 2.14 bits per heavy atom. The molecule has 1 unspecified atom stereocenters. The third-order valence-electron chi connectivity index (χ3n) is 2.10. The molecule has 1 atom stereocenters. The summed E-state index contributed by atoms with van der Waals surface area (Å²) in [6.45, 7) is 4.04. The van der Waals surface area contributed by atoms with Crippen molar-refractivity contribution in [3.05, 3.63) is 20.8 Å². The lowest BCUT2D eigenvalue weighted by atomic mass is 9.90. The van der Waals surface area contributed by atoms with Crippen molar-refractivity contribution in [3.63, 3.8) is 0 Å². The molecular formula is C10H13BrO2S. The van der Waals surface area contributed by atoms with E-state index in [1.54, 1.807) is 11.3 Å². The minimum Gasteiger partial charge on any atom is -0.469 e. The van der Waals surface area contributed by atoms with E-state index in [1.165, 1.54) is 7.11 Å². The van der Waals surface area contributed by atoms with Gasteiger partial charge in [0.2, 0.25) is 0 Å². The summed E-state index contributed by atoms with van der Waals surface area (Å²) in [5.74, 6) is -0.0897. The second kappa shape index (κ2) is 4.94. The second-order valence-corrected chi connectivity index (χ2v) is 5.02. The molecule has 1 rings (SSSR count). The summed E-state index contributed by atoms with van der Waals surface area (Å²) in [4.78, 5) is 11.6. The predicted molar refractivity (Wildman–Crippen MR) is 61.6 cm³/mol. The lowest BCUT2D eigenvalue weighted by Crippen LogP contribution is -2.19. The molecule has 0 aromatic carbocycles. The van der Waals surface area contributed by atoms with Crippen LogP contribution in [0, 0.1) is 5.92 Å². The smallest absolute Gasteiger partial charge is 0.313 e. The van der Waals surface area contributed by atoms with Crippen molar-refractivity contribution < 1.29 is 9.53 Å². The predicted octanol–water partition coefficient (Wildman–Crippen LogP) is 3.42. The molecule has 0 saturated carbocycles. The monoisotopic (exact) mass is 276 g/mol. The fraction of sp³-hybridized carbons (Fsp3) is 0.500. The maximum Gasteiger partial charge on any atom is 0.313 e. The zero-order valence-corrected chi connectivity index (χ0v) is 10.8. The number of carbonyl (C=O) groups excluding carboxylic acids is 1. The standard InChI is InChI=1S/C10H13BrO2S/c1-6(2)9(10(12)13-3)7-4-14-5-8(7)11/h4-6,9H,1-3H3. The highest BCUT2D eigenvalue weighted by atomic mass is 79.9. The summed E-state index contributed by atoms with van der Waals surface area (Å²) in [5.41, 5.74) is 1.02.